The maximum atomic E-state index is 11.6. The minimum Gasteiger partial charge on any atom is -0.338 e. The van der Waals surface area contributed by atoms with Gasteiger partial charge in [0.2, 0.25) is 0 Å². The smallest absolute Gasteiger partial charge is 0.319 e. The molecular formula is C14H14BrN3O. The second-order valence-electron chi connectivity index (χ2n) is 4.00. The predicted molar refractivity (Wildman–Crippen MR) is 79.1 cm³/mol. The zero-order valence-electron chi connectivity index (χ0n) is 10.3. The molecule has 1 heterocycles. The van der Waals surface area contributed by atoms with Crippen LogP contribution in [-0.2, 0) is 6.42 Å². The Hall–Kier alpha value is -1.88. The van der Waals surface area contributed by atoms with Crippen LogP contribution in [0.15, 0.2) is 53.3 Å². The average Bonchev–Trinajstić information content (AvgIpc) is 2.40. The summed E-state index contributed by atoms with van der Waals surface area (Å²) >= 11 is 3.42. The van der Waals surface area contributed by atoms with Crippen molar-refractivity contribution in [3.63, 3.8) is 0 Å². The molecule has 0 saturated heterocycles. The summed E-state index contributed by atoms with van der Waals surface area (Å²) in [6.45, 7) is 0.591. The van der Waals surface area contributed by atoms with E-state index in [0.717, 1.165) is 16.6 Å². The lowest BCUT2D eigenvalue weighted by Crippen LogP contribution is -2.30. The van der Waals surface area contributed by atoms with Gasteiger partial charge in [-0.1, -0.05) is 28.1 Å². The van der Waals surface area contributed by atoms with Crippen molar-refractivity contribution >= 4 is 27.6 Å². The number of anilines is 1. The van der Waals surface area contributed by atoms with Gasteiger partial charge in [-0.3, -0.25) is 4.98 Å². The lowest BCUT2D eigenvalue weighted by atomic mass is 10.1. The number of pyridine rings is 1. The average molecular weight is 320 g/mol. The highest BCUT2D eigenvalue weighted by Crippen LogP contribution is 2.11. The van der Waals surface area contributed by atoms with Crippen LogP contribution in [0.25, 0.3) is 0 Å². The van der Waals surface area contributed by atoms with Crippen molar-refractivity contribution in [2.75, 3.05) is 11.9 Å². The molecule has 4 nitrogen and oxygen atoms in total. The van der Waals surface area contributed by atoms with E-state index in [-0.39, 0.29) is 6.03 Å². The van der Waals surface area contributed by atoms with Gasteiger partial charge < -0.3 is 10.6 Å². The summed E-state index contributed by atoms with van der Waals surface area (Å²) in [6, 6.07) is 11.3. The third-order valence-corrected chi connectivity index (χ3v) is 3.02. The van der Waals surface area contributed by atoms with Crippen molar-refractivity contribution in [1.29, 1.82) is 0 Å². The Kier molecular flexibility index (Phi) is 4.92. The molecule has 0 spiro atoms. The fourth-order valence-electron chi connectivity index (χ4n) is 1.62. The number of halogens is 1. The highest BCUT2D eigenvalue weighted by Gasteiger charge is 2.01. The monoisotopic (exact) mass is 319 g/mol. The lowest BCUT2D eigenvalue weighted by Gasteiger charge is -2.07. The number of aromatic nitrogens is 1. The molecule has 2 N–H and O–H groups in total. The van der Waals surface area contributed by atoms with Gasteiger partial charge in [-0.15, -0.1) is 0 Å². The molecule has 19 heavy (non-hydrogen) atoms. The Morgan fingerprint density at radius 3 is 2.74 bits per heavy atom. The van der Waals surface area contributed by atoms with Crippen molar-refractivity contribution in [2.45, 2.75) is 6.42 Å². The number of hydrogen-bond acceptors (Lipinski definition) is 2. The van der Waals surface area contributed by atoms with E-state index in [1.165, 1.54) is 5.56 Å². The lowest BCUT2D eigenvalue weighted by molar-refractivity contribution is 0.252. The van der Waals surface area contributed by atoms with Gasteiger partial charge in [-0.25, -0.2) is 4.79 Å². The number of carbonyl (C=O) groups is 1. The quantitative estimate of drug-likeness (QED) is 0.909. The minimum atomic E-state index is -0.207. The van der Waals surface area contributed by atoms with E-state index in [0.29, 0.717) is 6.54 Å². The highest BCUT2D eigenvalue weighted by atomic mass is 79.9. The molecule has 2 aromatic rings. The number of hydrogen-bond donors (Lipinski definition) is 2. The maximum Gasteiger partial charge on any atom is 0.319 e. The van der Waals surface area contributed by atoms with Crippen LogP contribution in [0.5, 0.6) is 0 Å². The molecule has 2 rings (SSSR count). The SMILES string of the molecule is O=C(NCCc1cccc(Br)c1)Nc1ccncc1. The fraction of sp³-hybridized carbons (Fsp3) is 0.143. The molecule has 98 valence electrons. The molecule has 5 heteroatoms. The first-order chi connectivity index (χ1) is 9.24. The first kappa shape index (κ1) is 13.5. The number of carbonyl (C=O) groups excluding carboxylic acids is 1. The van der Waals surface area contributed by atoms with Crippen molar-refractivity contribution in [1.82, 2.24) is 10.3 Å². The van der Waals surface area contributed by atoms with Crippen LogP contribution < -0.4 is 10.6 Å². The van der Waals surface area contributed by atoms with Crippen LogP contribution in [-0.4, -0.2) is 17.6 Å². The topological polar surface area (TPSA) is 54.0 Å². The fourth-order valence-corrected chi connectivity index (χ4v) is 2.07. The van der Waals surface area contributed by atoms with Crippen LogP contribution in [0.1, 0.15) is 5.56 Å². The Morgan fingerprint density at radius 2 is 2.00 bits per heavy atom. The Balaban J connectivity index is 1.75. The van der Waals surface area contributed by atoms with Crippen LogP contribution in [0, 0.1) is 0 Å². The second-order valence-corrected chi connectivity index (χ2v) is 4.91. The highest BCUT2D eigenvalue weighted by molar-refractivity contribution is 9.10. The second kappa shape index (κ2) is 6.89. The van der Waals surface area contributed by atoms with Gasteiger partial charge in [0.15, 0.2) is 0 Å². The van der Waals surface area contributed by atoms with Crippen molar-refractivity contribution in [2.24, 2.45) is 0 Å². The molecule has 0 radical (unpaired) electrons. The number of urea groups is 1. The van der Waals surface area contributed by atoms with Gasteiger partial charge >= 0.3 is 6.03 Å². The van der Waals surface area contributed by atoms with Crippen molar-refractivity contribution in [3.05, 3.63) is 58.8 Å². The van der Waals surface area contributed by atoms with Gasteiger partial charge in [0, 0.05) is 29.1 Å². The van der Waals surface area contributed by atoms with Gasteiger partial charge in [0.05, 0.1) is 0 Å². The molecular weight excluding hydrogens is 306 g/mol. The first-order valence-electron chi connectivity index (χ1n) is 5.93. The van der Waals surface area contributed by atoms with Gasteiger partial charge in [0.25, 0.3) is 0 Å². The van der Waals surface area contributed by atoms with E-state index in [4.69, 9.17) is 0 Å². The number of amides is 2. The molecule has 1 aromatic carbocycles. The number of benzene rings is 1. The summed E-state index contributed by atoms with van der Waals surface area (Å²) < 4.78 is 1.05. The predicted octanol–water partition coefficient (Wildman–Crippen LogP) is 3.21. The largest absolute Gasteiger partial charge is 0.338 e. The minimum absolute atomic E-state index is 0.207. The number of nitrogens with one attached hydrogen (secondary N) is 2. The summed E-state index contributed by atoms with van der Waals surface area (Å²) in [4.78, 5) is 15.5. The first-order valence-corrected chi connectivity index (χ1v) is 6.72. The third kappa shape index (κ3) is 4.71. The summed E-state index contributed by atoms with van der Waals surface area (Å²) in [5.74, 6) is 0. The van der Waals surface area contributed by atoms with Gasteiger partial charge in [-0.2, -0.15) is 0 Å². The van der Waals surface area contributed by atoms with E-state index in [9.17, 15) is 4.79 Å². The van der Waals surface area contributed by atoms with Gasteiger partial charge in [-0.05, 0) is 36.2 Å². The third-order valence-electron chi connectivity index (χ3n) is 2.53. The normalized spacial score (nSPS) is 9.95. The van der Waals surface area contributed by atoms with Crippen LogP contribution in [0.4, 0.5) is 10.5 Å². The standard InChI is InChI=1S/C14H14BrN3O/c15-12-3-1-2-11(10-12)4-9-17-14(19)18-13-5-7-16-8-6-13/h1-3,5-8,10H,4,9H2,(H2,16,17,18,19). The number of rotatable bonds is 4. The Morgan fingerprint density at radius 1 is 1.21 bits per heavy atom. The zero-order chi connectivity index (χ0) is 13.5. The van der Waals surface area contributed by atoms with Crippen molar-refractivity contribution in [3.8, 4) is 0 Å². The molecule has 0 unspecified atom stereocenters. The summed E-state index contributed by atoms with van der Waals surface area (Å²) in [7, 11) is 0. The van der Waals surface area contributed by atoms with E-state index < -0.39 is 0 Å². The molecule has 0 aliphatic rings. The number of nitrogens with zero attached hydrogens (tertiary/aromatic N) is 1. The molecule has 0 atom stereocenters. The van der Waals surface area contributed by atoms with Crippen molar-refractivity contribution < 1.29 is 4.79 Å². The maximum absolute atomic E-state index is 11.6. The summed E-state index contributed by atoms with van der Waals surface area (Å²) in [5.41, 5.74) is 1.91. The molecule has 2 amide bonds. The van der Waals surface area contributed by atoms with E-state index in [1.807, 2.05) is 24.3 Å². The van der Waals surface area contributed by atoms with Gasteiger partial charge in [0.1, 0.15) is 0 Å². The Labute approximate surface area is 120 Å². The molecule has 0 aliphatic carbocycles. The van der Waals surface area contributed by atoms with Crippen LogP contribution in [0.3, 0.4) is 0 Å². The molecule has 1 aromatic heterocycles. The molecule has 0 fully saturated rings. The molecule has 0 aliphatic heterocycles. The zero-order valence-corrected chi connectivity index (χ0v) is 11.9. The van der Waals surface area contributed by atoms with E-state index in [1.54, 1.807) is 24.5 Å². The van der Waals surface area contributed by atoms with E-state index in [2.05, 4.69) is 31.5 Å². The summed E-state index contributed by atoms with van der Waals surface area (Å²) in [6.07, 6.45) is 4.07. The summed E-state index contributed by atoms with van der Waals surface area (Å²) in [5, 5.41) is 5.55. The molecule has 0 saturated carbocycles. The molecule has 0 bridgehead atoms. The van der Waals surface area contributed by atoms with E-state index >= 15 is 0 Å². The Bertz CT molecular complexity index is 545. The van der Waals surface area contributed by atoms with Crippen LogP contribution >= 0.6 is 15.9 Å². The van der Waals surface area contributed by atoms with Crippen LogP contribution in [0.2, 0.25) is 0 Å².